The van der Waals surface area contributed by atoms with Crippen molar-refractivity contribution in [2.75, 3.05) is 39.8 Å². The van der Waals surface area contributed by atoms with Crippen molar-refractivity contribution in [1.29, 1.82) is 0 Å². The van der Waals surface area contributed by atoms with Crippen LogP contribution in [0.1, 0.15) is 11.7 Å². The van der Waals surface area contributed by atoms with Gasteiger partial charge in [-0.3, -0.25) is 4.90 Å². The first-order valence-corrected chi connectivity index (χ1v) is 6.86. The molecule has 0 bridgehead atoms. The number of likely N-dealkylation sites (N-methyl/N-ethyl adjacent to an activating group) is 1. The Balaban J connectivity index is 1.97. The first-order chi connectivity index (χ1) is 8.56. The molecule has 0 amide bonds. The second-order valence-electron chi connectivity index (χ2n) is 4.79. The van der Waals surface area contributed by atoms with Crippen LogP contribution < -0.4 is 0 Å². The molecule has 1 saturated heterocycles. The smallest absolute Gasteiger partial charge is 0.0931 e. The second-order valence-corrected chi connectivity index (χ2v) is 5.63. The maximum absolute atomic E-state index is 10.2. The van der Waals surface area contributed by atoms with Gasteiger partial charge in [0.15, 0.2) is 0 Å². The zero-order valence-electron chi connectivity index (χ0n) is 10.4. The first-order valence-electron chi connectivity index (χ1n) is 6.10. The highest BCUT2D eigenvalue weighted by atomic mass is 35.5. The molecule has 0 spiro atoms. The van der Waals surface area contributed by atoms with E-state index in [4.69, 9.17) is 23.2 Å². The first kappa shape index (κ1) is 14.1. The molecule has 1 aliphatic heterocycles. The lowest BCUT2D eigenvalue weighted by atomic mass is 10.1. The fourth-order valence-corrected chi connectivity index (χ4v) is 2.68. The van der Waals surface area contributed by atoms with E-state index < -0.39 is 6.10 Å². The number of halogens is 2. The Bertz CT molecular complexity index is 406. The molecule has 5 heteroatoms. The van der Waals surface area contributed by atoms with Gasteiger partial charge in [-0.2, -0.15) is 0 Å². The Kier molecular flexibility index (Phi) is 4.87. The van der Waals surface area contributed by atoms with Crippen molar-refractivity contribution in [1.82, 2.24) is 9.80 Å². The van der Waals surface area contributed by atoms with Crippen molar-refractivity contribution in [2.24, 2.45) is 0 Å². The Morgan fingerprint density at radius 3 is 2.50 bits per heavy atom. The number of aliphatic hydroxyl groups excluding tert-OH is 1. The molecule has 1 aromatic rings. The third kappa shape index (κ3) is 3.59. The summed E-state index contributed by atoms with van der Waals surface area (Å²) < 4.78 is 0. The molecule has 1 fully saturated rings. The number of hydrogen-bond donors (Lipinski definition) is 1. The molecule has 1 heterocycles. The SMILES string of the molecule is CN1CCN(CC(O)c2ccc(Cl)cc2Cl)CC1. The van der Waals surface area contributed by atoms with Crippen molar-refractivity contribution in [3.8, 4) is 0 Å². The van der Waals surface area contributed by atoms with Crippen LogP contribution in [0.15, 0.2) is 18.2 Å². The number of nitrogens with zero attached hydrogens (tertiary/aromatic N) is 2. The van der Waals surface area contributed by atoms with Crippen LogP contribution in [0, 0.1) is 0 Å². The van der Waals surface area contributed by atoms with Crippen molar-refractivity contribution in [2.45, 2.75) is 6.10 Å². The van der Waals surface area contributed by atoms with Gasteiger partial charge in [0.25, 0.3) is 0 Å². The van der Waals surface area contributed by atoms with Gasteiger partial charge in [0.05, 0.1) is 6.10 Å². The molecule has 0 saturated carbocycles. The summed E-state index contributed by atoms with van der Waals surface area (Å²) in [6, 6.07) is 5.23. The lowest BCUT2D eigenvalue weighted by Gasteiger charge is -2.33. The Morgan fingerprint density at radius 2 is 1.89 bits per heavy atom. The predicted octanol–water partition coefficient (Wildman–Crippen LogP) is 2.27. The highest BCUT2D eigenvalue weighted by Gasteiger charge is 2.19. The number of hydrogen-bond acceptors (Lipinski definition) is 3. The average molecular weight is 289 g/mol. The summed E-state index contributed by atoms with van der Waals surface area (Å²) in [5.41, 5.74) is 0.750. The van der Waals surface area contributed by atoms with E-state index in [0.29, 0.717) is 16.6 Å². The average Bonchev–Trinajstić information content (AvgIpc) is 2.32. The zero-order chi connectivity index (χ0) is 13.1. The topological polar surface area (TPSA) is 26.7 Å². The molecule has 0 aliphatic carbocycles. The molecular formula is C13H18Cl2N2O. The molecule has 100 valence electrons. The molecule has 1 atom stereocenters. The van der Waals surface area contributed by atoms with Gasteiger partial charge in [0.1, 0.15) is 0 Å². The van der Waals surface area contributed by atoms with Crippen molar-refractivity contribution < 1.29 is 5.11 Å². The molecule has 3 nitrogen and oxygen atoms in total. The molecule has 18 heavy (non-hydrogen) atoms. The predicted molar refractivity (Wildman–Crippen MR) is 75.4 cm³/mol. The number of rotatable bonds is 3. The molecule has 2 rings (SSSR count). The van der Waals surface area contributed by atoms with Gasteiger partial charge in [-0.15, -0.1) is 0 Å². The normalized spacial score (nSPS) is 20.0. The quantitative estimate of drug-likeness (QED) is 0.924. The molecule has 1 unspecified atom stereocenters. The number of piperazine rings is 1. The fraction of sp³-hybridized carbons (Fsp3) is 0.538. The monoisotopic (exact) mass is 288 g/mol. The van der Waals surface area contributed by atoms with Gasteiger partial charge in [0, 0.05) is 48.3 Å². The zero-order valence-corrected chi connectivity index (χ0v) is 12.0. The standard InChI is InChI=1S/C13H18Cl2N2O/c1-16-4-6-17(7-5-16)9-13(18)11-3-2-10(14)8-12(11)15/h2-3,8,13,18H,4-7,9H2,1H3. The molecule has 1 N–H and O–H groups in total. The van der Waals surface area contributed by atoms with Crippen LogP contribution in [-0.2, 0) is 0 Å². The van der Waals surface area contributed by atoms with E-state index in [1.54, 1.807) is 18.2 Å². The fourth-order valence-electron chi connectivity index (χ4n) is 2.15. The summed E-state index contributed by atoms with van der Waals surface area (Å²) in [6.07, 6.45) is -0.557. The van der Waals surface area contributed by atoms with Crippen LogP contribution in [0.4, 0.5) is 0 Å². The lowest BCUT2D eigenvalue weighted by molar-refractivity contribution is 0.0806. The van der Waals surface area contributed by atoms with E-state index in [2.05, 4.69) is 16.8 Å². The molecule has 1 aliphatic rings. The third-order valence-electron chi connectivity index (χ3n) is 3.35. The van der Waals surface area contributed by atoms with E-state index >= 15 is 0 Å². The number of benzene rings is 1. The summed E-state index contributed by atoms with van der Waals surface area (Å²) in [4.78, 5) is 4.55. The van der Waals surface area contributed by atoms with E-state index in [1.165, 1.54) is 0 Å². The van der Waals surface area contributed by atoms with Crippen LogP contribution >= 0.6 is 23.2 Å². The van der Waals surface area contributed by atoms with E-state index in [9.17, 15) is 5.11 Å². The van der Waals surface area contributed by atoms with Gasteiger partial charge >= 0.3 is 0 Å². The maximum Gasteiger partial charge on any atom is 0.0931 e. The van der Waals surface area contributed by atoms with Crippen molar-refractivity contribution in [3.05, 3.63) is 33.8 Å². The Morgan fingerprint density at radius 1 is 1.22 bits per heavy atom. The summed E-state index contributed by atoms with van der Waals surface area (Å²) >= 11 is 11.9. The largest absolute Gasteiger partial charge is 0.387 e. The Labute approximate surface area is 118 Å². The summed E-state index contributed by atoms with van der Waals surface area (Å²) in [5, 5.41) is 11.4. The molecular weight excluding hydrogens is 271 g/mol. The minimum Gasteiger partial charge on any atom is -0.387 e. The molecule has 0 radical (unpaired) electrons. The van der Waals surface area contributed by atoms with Gasteiger partial charge in [-0.05, 0) is 19.2 Å². The summed E-state index contributed by atoms with van der Waals surface area (Å²) in [5.74, 6) is 0. The van der Waals surface area contributed by atoms with E-state index in [1.807, 2.05) is 0 Å². The maximum atomic E-state index is 10.2. The highest BCUT2D eigenvalue weighted by Crippen LogP contribution is 2.26. The van der Waals surface area contributed by atoms with Crippen LogP contribution in [0.25, 0.3) is 0 Å². The van der Waals surface area contributed by atoms with Crippen LogP contribution in [0.5, 0.6) is 0 Å². The van der Waals surface area contributed by atoms with Crippen LogP contribution in [-0.4, -0.2) is 54.7 Å². The summed E-state index contributed by atoms with van der Waals surface area (Å²) in [7, 11) is 2.11. The Hall–Kier alpha value is -0.320. The third-order valence-corrected chi connectivity index (χ3v) is 3.91. The number of aliphatic hydroxyl groups is 1. The van der Waals surface area contributed by atoms with E-state index in [-0.39, 0.29) is 0 Å². The lowest BCUT2D eigenvalue weighted by Crippen LogP contribution is -2.45. The highest BCUT2D eigenvalue weighted by molar-refractivity contribution is 6.35. The van der Waals surface area contributed by atoms with E-state index in [0.717, 1.165) is 31.7 Å². The second kappa shape index (κ2) is 6.22. The molecule has 0 aromatic heterocycles. The molecule has 1 aromatic carbocycles. The van der Waals surface area contributed by atoms with Crippen LogP contribution in [0.3, 0.4) is 0 Å². The van der Waals surface area contributed by atoms with Gasteiger partial charge in [-0.25, -0.2) is 0 Å². The van der Waals surface area contributed by atoms with Gasteiger partial charge < -0.3 is 10.0 Å². The summed E-state index contributed by atoms with van der Waals surface area (Å²) in [6.45, 7) is 4.68. The van der Waals surface area contributed by atoms with Gasteiger partial charge in [-0.1, -0.05) is 29.3 Å². The van der Waals surface area contributed by atoms with Crippen LogP contribution in [0.2, 0.25) is 10.0 Å². The number of β-amino-alcohol motifs (C(OH)–C–C–N with tert-alkyl or cyclic N) is 1. The van der Waals surface area contributed by atoms with Gasteiger partial charge in [0.2, 0.25) is 0 Å². The minimum absolute atomic E-state index is 0.532. The van der Waals surface area contributed by atoms with Crippen molar-refractivity contribution in [3.63, 3.8) is 0 Å². The van der Waals surface area contributed by atoms with Crippen molar-refractivity contribution >= 4 is 23.2 Å². The minimum atomic E-state index is -0.557.